The lowest BCUT2D eigenvalue weighted by atomic mass is 9.49. The van der Waals surface area contributed by atoms with E-state index in [-0.39, 0.29) is 71.9 Å². The Balaban J connectivity index is 0.803. The van der Waals surface area contributed by atoms with Gasteiger partial charge in [0.25, 0.3) is 5.91 Å². The van der Waals surface area contributed by atoms with Crippen LogP contribution in [0.5, 0.6) is 5.75 Å². The number of nitrogens with zero attached hydrogens (tertiary/aromatic N) is 5. The van der Waals surface area contributed by atoms with Gasteiger partial charge < -0.3 is 39.7 Å². The number of likely N-dealkylation sites (tertiary alicyclic amines) is 3. The van der Waals surface area contributed by atoms with E-state index < -0.39 is 30.0 Å². The van der Waals surface area contributed by atoms with Crippen molar-refractivity contribution in [2.75, 3.05) is 32.7 Å². The quantitative estimate of drug-likeness (QED) is 0.110. The Bertz CT molecular complexity index is 2750. The molecule has 4 heterocycles. The number of aromatic nitrogens is 1. The number of aliphatic hydroxyl groups is 1. The Morgan fingerprint density at radius 2 is 1.62 bits per heavy atom. The number of benzene rings is 3. The van der Waals surface area contributed by atoms with E-state index in [2.05, 4.69) is 82.2 Å². The highest BCUT2D eigenvalue weighted by Gasteiger charge is 2.64. The number of halogens is 2. The summed E-state index contributed by atoms with van der Waals surface area (Å²) in [7, 11) is 0. The van der Waals surface area contributed by atoms with Crippen molar-refractivity contribution in [2.24, 2.45) is 22.7 Å². The number of hydrogen-bond donors (Lipinski definition) is 3. The van der Waals surface area contributed by atoms with Crippen LogP contribution >= 0.6 is 27.5 Å². The second-order valence-corrected chi connectivity index (χ2v) is 23.2. The largest absolute Gasteiger partial charge is 0.489 e. The van der Waals surface area contributed by atoms with Crippen LogP contribution in [-0.4, -0.2) is 112 Å². The maximum atomic E-state index is 14.1. The number of amides is 4. The molecule has 4 aliphatic rings. The van der Waals surface area contributed by atoms with Crippen LogP contribution in [-0.2, 0) is 14.4 Å². The van der Waals surface area contributed by atoms with E-state index >= 15 is 0 Å². The zero-order chi connectivity index (χ0) is 52.4. The Labute approximate surface area is 442 Å². The predicted octanol–water partition coefficient (Wildman–Crippen LogP) is 8.59. The number of piperidine rings is 2. The van der Waals surface area contributed by atoms with E-state index in [0.717, 1.165) is 54.4 Å². The van der Waals surface area contributed by atoms with Crippen LogP contribution in [0, 0.1) is 52.8 Å². The average molecular weight is 1080 g/mol. The highest BCUT2D eigenvalue weighted by Crippen LogP contribution is 2.55. The van der Waals surface area contributed by atoms with E-state index in [1.54, 1.807) is 31.2 Å². The fourth-order valence-corrected chi connectivity index (χ4v) is 12.3. The summed E-state index contributed by atoms with van der Waals surface area (Å²) in [5.41, 5.74) is 2.49. The lowest BCUT2D eigenvalue weighted by Gasteiger charge is -2.63. The van der Waals surface area contributed by atoms with Crippen LogP contribution in [0.2, 0.25) is 5.02 Å². The smallest absolute Gasteiger partial charge is 0.251 e. The van der Waals surface area contributed by atoms with E-state index in [9.17, 15) is 29.5 Å². The number of rotatable bonds is 13. The minimum absolute atomic E-state index is 0.0200. The molecule has 4 amide bonds. The Morgan fingerprint density at radius 3 is 2.22 bits per heavy atom. The summed E-state index contributed by atoms with van der Waals surface area (Å²) in [4.78, 5) is 61.7. The first-order valence-electron chi connectivity index (χ1n) is 25.5. The minimum atomic E-state index is -0.918. The molecule has 73 heavy (non-hydrogen) atoms. The molecule has 386 valence electrons. The van der Waals surface area contributed by atoms with Gasteiger partial charge in [-0.3, -0.25) is 19.2 Å². The predicted molar refractivity (Wildman–Crippen MR) is 281 cm³/mol. The van der Waals surface area contributed by atoms with Crippen LogP contribution in [0.3, 0.4) is 0 Å². The molecule has 3 aromatic carbocycles. The summed E-state index contributed by atoms with van der Waals surface area (Å²) in [6.07, 6.45) is 2.69. The van der Waals surface area contributed by atoms with Crippen LogP contribution in [0.1, 0.15) is 131 Å². The molecule has 4 fully saturated rings. The highest BCUT2D eigenvalue weighted by atomic mass is 79.9. The van der Waals surface area contributed by atoms with Crippen LogP contribution in [0.25, 0.3) is 0 Å². The second kappa shape index (κ2) is 22.4. The van der Waals surface area contributed by atoms with Gasteiger partial charge in [-0.05, 0) is 106 Å². The molecule has 14 nitrogen and oxygen atoms in total. The molecule has 1 aromatic heterocycles. The number of ether oxygens (including phenoxy) is 1. The first-order chi connectivity index (χ1) is 34.7. The molecule has 1 saturated carbocycles. The molecule has 4 aromatic rings. The molecule has 8 rings (SSSR count). The first kappa shape index (κ1) is 53.6. The molecule has 16 heteroatoms. The number of carbonyl (C=O) groups excluding carboxylic acids is 4. The van der Waals surface area contributed by atoms with Crippen molar-refractivity contribution in [3.05, 3.63) is 116 Å². The molecule has 3 N–H and O–H groups in total. The zero-order valence-corrected chi connectivity index (χ0v) is 45.1. The maximum absolute atomic E-state index is 14.1. The second-order valence-electron chi connectivity index (χ2n) is 21.9. The summed E-state index contributed by atoms with van der Waals surface area (Å²) < 4.78 is 12.8. The third kappa shape index (κ3) is 12.0. The van der Waals surface area contributed by atoms with Crippen molar-refractivity contribution >= 4 is 51.2 Å². The maximum Gasteiger partial charge on any atom is 0.251 e. The topological polar surface area (TPSA) is 181 Å². The SMILES string of the molecule is Cc1cc(C(C(=O)N2CC(O)CC2C(=O)NC(CC(=O)N2CCC(N3CCC(C#Cc4ccc(C(=O)NC5C(C)(C)C(Oc6ccc(C#N)c(Cl)c6)C5(C)C)cc4)CC3)CC2)c2ccc(Br)cc2)C(C)C)on1. The van der Waals surface area contributed by atoms with Crippen molar-refractivity contribution in [2.45, 2.75) is 129 Å². The fourth-order valence-electron chi connectivity index (χ4n) is 11.9. The normalized spacial score (nSPS) is 22.8. The lowest BCUT2D eigenvalue weighted by Crippen LogP contribution is -2.74. The molecular weight excluding hydrogens is 1010 g/mol. The van der Waals surface area contributed by atoms with Gasteiger partial charge in [0.15, 0.2) is 0 Å². The van der Waals surface area contributed by atoms with Gasteiger partial charge in [0, 0.05) is 82.6 Å². The third-order valence-electron chi connectivity index (χ3n) is 15.6. The van der Waals surface area contributed by atoms with Gasteiger partial charge in [-0.2, -0.15) is 5.26 Å². The van der Waals surface area contributed by atoms with Gasteiger partial charge in [0.05, 0.1) is 34.8 Å². The highest BCUT2D eigenvalue weighted by molar-refractivity contribution is 9.10. The molecule has 3 aliphatic heterocycles. The van der Waals surface area contributed by atoms with E-state index in [1.165, 1.54) is 4.90 Å². The van der Waals surface area contributed by atoms with Crippen molar-refractivity contribution < 1.29 is 33.5 Å². The molecule has 4 unspecified atom stereocenters. The lowest BCUT2D eigenvalue weighted by molar-refractivity contribution is -0.164. The number of nitriles is 1. The molecule has 1 aliphatic carbocycles. The van der Waals surface area contributed by atoms with Crippen LogP contribution < -0.4 is 15.4 Å². The summed E-state index contributed by atoms with van der Waals surface area (Å²) in [5, 5.41) is 30.7. The first-order valence-corrected chi connectivity index (χ1v) is 26.7. The van der Waals surface area contributed by atoms with Crippen molar-refractivity contribution in [3.63, 3.8) is 0 Å². The van der Waals surface area contributed by atoms with E-state index in [1.807, 2.05) is 67.3 Å². The molecular formula is C57H67BrClN7O7. The van der Waals surface area contributed by atoms with Crippen LogP contribution in [0.4, 0.5) is 0 Å². The number of nitrogens with one attached hydrogen (secondary N) is 2. The fraction of sp³-hybridized carbons (Fsp3) is 0.509. The number of β-amino-alcohol motifs (C(OH)–C–C–N with tert-alkyl or cyclic N) is 1. The average Bonchev–Trinajstić information content (AvgIpc) is 3.99. The standard InChI is InChI=1S/C57H67BrClN7O7/c1-34(2)50(48-28-35(3)63-73-48)53(71)66-33-43(67)29-47(66)52(70)61-46(38-14-17-41(58)18-15-38)31-49(68)65-26-22-42(23-27-65)64-24-20-37(21-25-64)9-8-36-10-12-39(13-11-36)51(69)62-54-56(4,5)55(57(54,6)7)72-44-19-16-40(32-60)45(59)30-44/h10-19,28,30,34,37,42-43,46-47,50,54-55,67H,20-27,29,31,33H2,1-7H3,(H,61,70)(H,62,69). The number of carbonyl (C=O) groups is 4. The Morgan fingerprint density at radius 1 is 0.945 bits per heavy atom. The van der Waals surface area contributed by atoms with Crippen molar-refractivity contribution in [3.8, 4) is 23.7 Å². The third-order valence-corrected chi connectivity index (χ3v) is 16.4. The molecule has 0 radical (unpaired) electrons. The van der Waals surface area contributed by atoms with Gasteiger partial charge in [-0.25, -0.2) is 0 Å². The monoisotopic (exact) mass is 1080 g/mol. The van der Waals surface area contributed by atoms with Crippen LogP contribution in [0.15, 0.2) is 81.8 Å². The Hall–Kier alpha value is -5.71. The summed E-state index contributed by atoms with van der Waals surface area (Å²) in [5.74, 6) is 6.38. The molecule has 0 bridgehead atoms. The number of aliphatic hydroxyl groups excluding tert-OH is 1. The molecule has 4 atom stereocenters. The van der Waals surface area contributed by atoms with Gasteiger partial charge >= 0.3 is 0 Å². The number of aryl methyl sites for hydroxylation is 1. The summed E-state index contributed by atoms with van der Waals surface area (Å²) >= 11 is 9.77. The number of hydrogen-bond acceptors (Lipinski definition) is 10. The van der Waals surface area contributed by atoms with E-state index in [0.29, 0.717) is 52.5 Å². The zero-order valence-electron chi connectivity index (χ0n) is 42.8. The van der Waals surface area contributed by atoms with E-state index in [4.69, 9.17) is 20.9 Å². The van der Waals surface area contributed by atoms with Gasteiger partial charge in [-0.15, -0.1) is 0 Å². The van der Waals surface area contributed by atoms with Gasteiger partial charge in [0.1, 0.15) is 35.6 Å². The molecule has 0 spiro atoms. The van der Waals surface area contributed by atoms with Gasteiger partial charge in [-0.1, -0.05) is 98.2 Å². The summed E-state index contributed by atoms with van der Waals surface area (Å²) in [6, 6.07) is 22.5. The van der Waals surface area contributed by atoms with Crippen molar-refractivity contribution in [1.29, 1.82) is 5.26 Å². The minimum Gasteiger partial charge on any atom is -0.489 e. The molecule has 3 saturated heterocycles. The van der Waals surface area contributed by atoms with Crippen molar-refractivity contribution in [1.82, 2.24) is 30.5 Å². The van der Waals surface area contributed by atoms with Gasteiger partial charge in [0.2, 0.25) is 17.7 Å². The summed E-state index contributed by atoms with van der Waals surface area (Å²) in [6.45, 7) is 17.1. The Kier molecular flexibility index (Phi) is 16.4.